The molecule has 3 N–H and O–H groups in total. The lowest BCUT2D eigenvalue weighted by atomic mass is 10.0. The van der Waals surface area contributed by atoms with E-state index in [2.05, 4.69) is 92.9 Å². The van der Waals surface area contributed by atoms with Gasteiger partial charge >= 0.3 is 5.97 Å². The van der Waals surface area contributed by atoms with E-state index in [4.69, 9.17) is 4.74 Å². The zero-order valence-electron chi connectivity index (χ0n) is 44.3. The molecule has 0 radical (unpaired) electrons. The molecule has 0 spiro atoms. The highest BCUT2D eigenvalue weighted by molar-refractivity contribution is 5.77. The van der Waals surface area contributed by atoms with Crippen molar-refractivity contribution < 1.29 is 24.5 Å². The molecule has 3 unspecified atom stereocenters. The van der Waals surface area contributed by atoms with Crippen molar-refractivity contribution >= 4 is 11.9 Å². The largest absolute Gasteiger partial charge is 0.462 e. The highest BCUT2D eigenvalue weighted by Crippen LogP contribution is 2.18. The molecule has 3 atom stereocenters. The maximum Gasteiger partial charge on any atom is 0.306 e. The van der Waals surface area contributed by atoms with Gasteiger partial charge in [-0.05, 0) is 64.2 Å². The van der Waals surface area contributed by atoms with Crippen molar-refractivity contribution in [2.45, 2.75) is 296 Å². The average Bonchev–Trinajstić information content (AvgIpc) is 3.32. The standard InChI is InChI=1S/C61H109NO5/c1-4-7-10-13-16-19-22-25-27-29-30-31-33-36-39-42-45-48-51-54-61(66)67-57(52-49-46-43-40-37-35-32-28-26-23-20-17-14-11-8-5-2)55-60(65)62-58(56-63)59(64)53-50-47-44-41-38-34-24-21-18-15-12-9-6-3/h7,10,16,19,25,27,30-31,36,39,45,48,57-59,63-64H,4-6,8-9,11-15,17-18,20-24,26,28-29,32-35,37-38,40-44,46-47,49-56H2,1-3H3,(H,62,65)/b10-7-,19-16-,27-25-,31-30-,39-36-,48-45-. The Morgan fingerprint density at radius 3 is 1.13 bits per heavy atom. The van der Waals surface area contributed by atoms with E-state index in [1.807, 2.05) is 6.08 Å². The van der Waals surface area contributed by atoms with Crippen molar-refractivity contribution in [2.24, 2.45) is 0 Å². The van der Waals surface area contributed by atoms with Crippen molar-refractivity contribution in [3.63, 3.8) is 0 Å². The van der Waals surface area contributed by atoms with Crippen molar-refractivity contribution in [3.05, 3.63) is 72.9 Å². The number of hydrogen-bond acceptors (Lipinski definition) is 5. The van der Waals surface area contributed by atoms with E-state index in [-0.39, 0.29) is 31.3 Å². The number of amides is 1. The fourth-order valence-corrected chi connectivity index (χ4v) is 8.52. The summed E-state index contributed by atoms with van der Waals surface area (Å²) in [6, 6.07) is -0.718. The second-order valence-electron chi connectivity index (χ2n) is 19.3. The summed E-state index contributed by atoms with van der Waals surface area (Å²) in [6.07, 6.45) is 69.7. The number of aliphatic hydroxyl groups is 2. The normalized spacial score (nSPS) is 13.7. The smallest absolute Gasteiger partial charge is 0.306 e. The van der Waals surface area contributed by atoms with Crippen LogP contribution in [0, 0.1) is 0 Å². The molecule has 0 aromatic carbocycles. The summed E-state index contributed by atoms with van der Waals surface area (Å²) in [4.78, 5) is 26.2. The number of aliphatic hydroxyl groups excluding tert-OH is 2. The molecule has 0 aromatic heterocycles. The lowest BCUT2D eigenvalue weighted by Gasteiger charge is -2.24. The van der Waals surface area contributed by atoms with E-state index in [1.54, 1.807) is 0 Å². The third-order valence-corrected chi connectivity index (χ3v) is 12.8. The lowest BCUT2D eigenvalue weighted by molar-refractivity contribution is -0.150. The summed E-state index contributed by atoms with van der Waals surface area (Å²) >= 11 is 0. The fraction of sp³-hybridized carbons (Fsp3) is 0.770. The van der Waals surface area contributed by atoms with Crippen LogP contribution in [0.2, 0.25) is 0 Å². The monoisotopic (exact) mass is 936 g/mol. The van der Waals surface area contributed by atoms with Crippen molar-refractivity contribution in [1.29, 1.82) is 0 Å². The topological polar surface area (TPSA) is 95.9 Å². The first-order valence-electron chi connectivity index (χ1n) is 28.7. The van der Waals surface area contributed by atoms with Crippen LogP contribution in [-0.2, 0) is 14.3 Å². The van der Waals surface area contributed by atoms with E-state index >= 15 is 0 Å². The molecule has 6 nitrogen and oxygen atoms in total. The van der Waals surface area contributed by atoms with Crippen LogP contribution in [0.25, 0.3) is 0 Å². The Balaban J connectivity index is 4.67. The third-order valence-electron chi connectivity index (χ3n) is 12.8. The van der Waals surface area contributed by atoms with Crippen LogP contribution in [0.5, 0.6) is 0 Å². The number of unbranched alkanes of at least 4 members (excludes halogenated alkanes) is 27. The van der Waals surface area contributed by atoms with Gasteiger partial charge in [-0.3, -0.25) is 9.59 Å². The van der Waals surface area contributed by atoms with Gasteiger partial charge in [0.25, 0.3) is 0 Å². The first-order chi connectivity index (χ1) is 33.0. The second kappa shape index (κ2) is 54.2. The first-order valence-corrected chi connectivity index (χ1v) is 28.7. The van der Waals surface area contributed by atoms with Crippen molar-refractivity contribution in [1.82, 2.24) is 5.32 Å². The molecule has 6 heteroatoms. The molecular formula is C61H109NO5. The summed E-state index contributed by atoms with van der Waals surface area (Å²) in [7, 11) is 0. The zero-order chi connectivity index (χ0) is 48.8. The maximum atomic E-state index is 13.3. The number of nitrogens with one attached hydrogen (secondary N) is 1. The van der Waals surface area contributed by atoms with Crippen LogP contribution in [0.3, 0.4) is 0 Å². The number of esters is 1. The van der Waals surface area contributed by atoms with Crippen LogP contribution in [0.15, 0.2) is 72.9 Å². The minimum absolute atomic E-state index is 0.0480. The molecule has 0 rings (SSSR count). The molecule has 0 aliphatic heterocycles. The number of rotatable bonds is 51. The van der Waals surface area contributed by atoms with Gasteiger partial charge in [-0.25, -0.2) is 0 Å². The molecule has 0 aliphatic rings. The Labute approximate surface area is 415 Å². The van der Waals surface area contributed by atoms with Gasteiger partial charge in [-0.1, -0.05) is 273 Å². The van der Waals surface area contributed by atoms with Crippen LogP contribution >= 0.6 is 0 Å². The molecule has 0 aromatic rings. The second-order valence-corrected chi connectivity index (χ2v) is 19.3. The molecule has 0 heterocycles. The minimum Gasteiger partial charge on any atom is -0.462 e. The quantitative estimate of drug-likeness (QED) is 0.0321. The lowest BCUT2D eigenvalue weighted by Crippen LogP contribution is -2.46. The summed E-state index contributed by atoms with van der Waals surface area (Å²) in [6.45, 7) is 6.38. The molecule has 388 valence electrons. The van der Waals surface area contributed by atoms with Gasteiger partial charge in [0.2, 0.25) is 5.91 Å². The Kier molecular flexibility index (Phi) is 52.1. The van der Waals surface area contributed by atoms with Gasteiger partial charge in [0.1, 0.15) is 6.10 Å². The van der Waals surface area contributed by atoms with Gasteiger partial charge in [0, 0.05) is 6.42 Å². The highest BCUT2D eigenvalue weighted by atomic mass is 16.5. The average molecular weight is 937 g/mol. The van der Waals surface area contributed by atoms with Gasteiger partial charge in [-0.2, -0.15) is 0 Å². The summed E-state index contributed by atoms with van der Waals surface area (Å²) in [5.74, 6) is -0.565. The number of allylic oxidation sites excluding steroid dienone is 12. The fourth-order valence-electron chi connectivity index (χ4n) is 8.52. The summed E-state index contributed by atoms with van der Waals surface area (Å²) in [5.41, 5.74) is 0. The molecule has 67 heavy (non-hydrogen) atoms. The molecule has 0 fully saturated rings. The predicted octanol–water partition coefficient (Wildman–Crippen LogP) is 17.7. The Morgan fingerprint density at radius 2 is 0.776 bits per heavy atom. The Hall–Kier alpha value is -2.70. The molecular weight excluding hydrogens is 827 g/mol. The molecule has 1 amide bonds. The third kappa shape index (κ3) is 49.5. The molecule has 0 aliphatic carbocycles. The van der Waals surface area contributed by atoms with Gasteiger partial charge in [0.05, 0.1) is 25.2 Å². The zero-order valence-corrected chi connectivity index (χ0v) is 44.3. The SMILES string of the molecule is CC/C=C\C/C=C\C/C=C\C/C=C\C/C=C\C/C=C\CCC(=O)OC(CCCCCCCCCCCCCCCCCC)CC(=O)NC(CO)C(O)CCCCCCCCCCCCCCC. The number of carbonyl (C=O) groups is 2. The van der Waals surface area contributed by atoms with Crippen LogP contribution in [-0.4, -0.2) is 46.9 Å². The summed E-state index contributed by atoms with van der Waals surface area (Å²) in [5, 5.41) is 23.8. The maximum absolute atomic E-state index is 13.3. The summed E-state index contributed by atoms with van der Waals surface area (Å²) < 4.78 is 5.92. The number of carbonyl (C=O) groups excluding carboxylic acids is 2. The predicted molar refractivity (Wildman–Crippen MR) is 291 cm³/mol. The Morgan fingerprint density at radius 1 is 0.448 bits per heavy atom. The van der Waals surface area contributed by atoms with Crippen molar-refractivity contribution in [2.75, 3.05) is 6.61 Å². The van der Waals surface area contributed by atoms with E-state index in [0.29, 0.717) is 19.3 Å². The number of hydrogen-bond donors (Lipinski definition) is 3. The van der Waals surface area contributed by atoms with E-state index in [1.165, 1.54) is 148 Å². The van der Waals surface area contributed by atoms with E-state index < -0.39 is 18.2 Å². The molecule has 0 saturated heterocycles. The highest BCUT2D eigenvalue weighted by Gasteiger charge is 2.24. The molecule has 0 saturated carbocycles. The van der Waals surface area contributed by atoms with Crippen LogP contribution in [0.4, 0.5) is 0 Å². The minimum atomic E-state index is -0.802. The van der Waals surface area contributed by atoms with E-state index in [9.17, 15) is 19.8 Å². The van der Waals surface area contributed by atoms with Crippen molar-refractivity contribution in [3.8, 4) is 0 Å². The first kappa shape index (κ1) is 64.3. The Bertz CT molecular complexity index is 1230. The van der Waals surface area contributed by atoms with E-state index in [0.717, 1.165) is 77.0 Å². The molecule has 0 bridgehead atoms. The van der Waals surface area contributed by atoms with Gasteiger partial charge < -0.3 is 20.3 Å². The van der Waals surface area contributed by atoms with Crippen LogP contribution < -0.4 is 5.32 Å². The number of ether oxygens (including phenoxy) is 1. The van der Waals surface area contributed by atoms with Crippen LogP contribution in [0.1, 0.15) is 278 Å². The van der Waals surface area contributed by atoms with Gasteiger partial charge in [-0.15, -0.1) is 0 Å². The van der Waals surface area contributed by atoms with Gasteiger partial charge in [0.15, 0.2) is 0 Å².